The average Bonchev–Trinajstić information content (AvgIpc) is 3.07. The maximum atomic E-state index is 12.2. The molecular formula is C22H20N4OS. The van der Waals surface area contributed by atoms with Crippen LogP contribution in [0.3, 0.4) is 0 Å². The van der Waals surface area contributed by atoms with E-state index in [4.69, 9.17) is 0 Å². The van der Waals surface area contributed by atoms with E-state index in [2.05, 4.69) is 27.4 Å². The highest BCUT2D eigenvalue weighted by atomic mass is 32.2. The molecule has 5 nitrogen and oxygen atoms in total. The molecule has 0 aliphatic rings. The number of nitrogens with zero attached hydrogens (tertiary/aromatic N) is 3. The van der Waals surface area contributed by atoms with Crippen molar-refractivity contribution in [2.75, 3.05) is 5.75 Å². The molecule has 140 valence electrons. The lowest BCUT2D eigenvalue weighted by molar-refractivity contribution is -0.118. The summed E-state index contributed by atoms with van der Waals surface area (Å²) in [6.07, 6.45) is 3.57. The minimum absolute atomic E-state index is 0.00438. The first-order chi connectivity index (χ1) is 13.7. The molecule has 2 aromatic heterocycles. The lowest BCUT2D eigenvalue weighted by atomic mass is 10.1. The number of carbonyl (C=O) groups excluding carboxylic acids is 1. The number of para-hydroxylation sites is 2. The molecule has 4 rings (SSSR count). The van der Waals surface area contributed by atoms with Crippen LogP contribution in [-0.4, -0.2) is 26.2 Å². The zero-order chi connectivity index (χ0) is 19.3. The van der Waals surface area contributed by atoms with E-state index in [9.17, 15) is 4.79 Å². The van der Waals surface area contributed by atoms with Crippen LogP contribution in [0.15, 0.2) is 78.2 Å². The van der Waals surface area contributed by atoms with Crippen LogP contribution in [0.5, 0.6) is 0 Å². The van der Waals surface area contributed by atoms with Crippen LogP contribution in [0.4, 0.5) is 0 Å². The number of rotatable bonds is 6. The first-order valence-electron chi connectivity index (χ1n) is 9.01. The molecule has 0 unspecified atom stereocenters. The normalized spacial score (nSPS) is 10.9. The van der Waals surface area contributed by atoms with Crippen LogP contribution in [-0.2, 0) is 18.4 Å². The zero-order valence-corrected chi connectivity index (χ0v) is 16.3. The van der Waals surface area contributed by atoms with Crippen LogP contribution in [0.1, 0.15) is 5.56 Å². The fourth-order valence-corrected chi connectivity index (χ4v) is 3.81. The molecule has 1 amide bonds. The van der Waals surface area contributed by atoms with E-state index in [0.29, 0.717) is 12.3 Å². The summed E-state index contributed by atoms with van der Waals surface area (Å²) in [7, 11) is 1.97. The van der Waals surface area contributed by atoms with Gasteiger partial charge in [0.05, 0.1) is 16.8 Å². The molecule has 0 spiro atoms. The van der Waals surface area contributed by atoms with Crippen molar-refractivity contribution in [1.29, 1.82) is 0 Å². The minimum atomic E-state index is -0.00438. The highest BCUT2D eigenvalue weighted by molar-refractivity contribution is 7.99. The van der Waals surface area contributed by atoms with Gasteiger partial charge in [-0.25, -0.2) is 4.98 Å². The molecule has 0 fully saturated rings. The topological polar surface area (TPSA) is 59.8 Å². The number of carbonyl (C=O) groups is 1. The predicted octanol–water partition coefficient (Wildman–Crippen LogP) is 4.04. The number of hydrogen-bond donors (Lipinski definition) is 1. The van der Waals surface area contributed by atoms with Crippen molar-refractivity contribution >= 4 is 28.7 Å². The summed E-state index contributed by atoms with van der Waals surface area (Å²) in [5.74, 6) is 0.335. The number of nitrogens with one attached hydrogen (secondary N) is 1. The van der Waals surface area contributed by atoms with Gasteiger partial charge >= 0.3 is 0 Å². The first kappa shape index (κ1) is 18.3. The second-order valence-corrected chi connectivity index (χ2v) is 7.38. The van der Waals surface area contributed by atoms with Gasteiger partial charge in [0.1, 0.15) is 0 Å². The first-order valence-corrected chi connectivity index (χ1v) is 9.99. The van der Waals surface area contributed by atoms with E-state index >= 15 is 0 Å². The maximum Gasteiger partial charge on any atom is 0.230 e. The van der Waals surface area contributed by atoms with Gasteiger partial charge in [0.15, 0.2) is 5.16 Å². The molecule has 0 bridgehead atoms. The molecule has 2 heterocycles. The second kappa shape index (κ2) is 8.27. The molecule has 6 heteroatoms. The van der Waals surface area contributed by atoms with Crippen molar-refractivity contribution in [2.24, 2.45) is 7.05 Å². The van der Waals surface area contributed by atoms with Crippen molar-refractivity contribution in [3.05, 3.63) is 78.6 Å². The third-order valence-electron chi connectivity index (χ3n) is 4.54. The Bertz CT molecular complexity index is 1090. The highest BCUT2D eigenvalue weighted by Gasteiger charge is 2.10. The minimum Gasteiger partial charge on any atom is -0.351 e. The van der Waals surface area contributed by atoms with Crippen molar-refractivity contribution in [3.63, 3.8) is 0 Å². The Kier molecular flexibility index (Phi) is 5.39. The summed E-state index contributed by atoms with van der Waals surface area (Å²) in [5, 5.41) is 3.82. The van der Waals surface area contributed by atoms with Crippen LogP contribution in [0.25, 0.3) is 22.2 Å². The number of aryl methyl sites for hydroxylation is 1. The molecule has 0 aliphatic carbocycles. The standard InChI is InChI=1S/C22H20N4OS/c1-26-20-5-3-2-4-19(20)25-22(26)28-15-21(27)24-14-16-6-8-17(9-7-16)18-10-12-23-13-11-18/h2-13H,14-15H2,1H3,(H,24,27). The largest absolute Gasteiger partial charge is 0.351 e. The third kappa shape index (κ3) is 4.07. The van der Waals surface area contributed by atoms with E-state index in [1.807, 2.05) is 60.1 Å². The fraction of sp³-hybridized carbons (Fsp3) is 0.136. The predicted molar refractivity (Wildman–Crippen MR) is 113 cm³/mol. The molecule has 1 N–H and O–H groups in total. The van der Waals surface area contributed by atoms with Gasteiger partial charge in [-0.1, -0.05) is 48.2 Å². The van der Waals surface area contributed by atoms with E-state index < -0.39 is 0 Å². The Morgan fingerprint density at radius 2 is 1.71 bits per heavy atom. The summed E-state index contributed by atoms with van der Waals surface area (Å²) in [4.78, 5) is 20.8. The molecule has 28 heavy (non-hydrogen) atoms. The SMILES string of the molecule is Cn1c(SCC(=O)NCc2ccc(-c3ccncc3)cc2)nc2ccccc21. The summed E-state index contributed by atoms with van der Waals surface area (Å²) < 4.78 is 2.02. The van der Waals surface area contributed by atoms with Crippen molar-refractivity contribution < 1.29 is 4.79 Å². The number of hydrogen-bond acceptors (Lipinski definition) is 4. The fourth-order valence-electron chi connectivity index (χ4n) is 2.99. The number of aromatic nitrogens is 3. The summed E-state index contributed by atoms with van der Waals surface area (Å²) in [5.41, 5.74) is 5.35. The van der Waals surface area contributed by atoms with Gasteiger partial charge in [-0.15, -0.1) is 0 Å². The molecule has 0 saturated carbocycles. The Labute approximate surface area is 167 Å². The lowest BCUT2D eigenvalue weighted by Gasteiger charge is -2.07. The maximum absolute atomic E-state index is 12.2. The zero-order valence-electron chi connectivity index (χ0n) is 15.5. The molecule has 2 aromatic carbocycles. The van der Waals surface area contributed by atoms with Crippen molar-refractivity contribution in [2.45, 2.75) is 11.7 Å². The summed E-state index contributed by atoms with van der Waals surface area (Å²) in [6, 6.07) is 20.1. The molecular weight excluding hydrogens is 368 g/mol. The van der Waals surface area contributed by atoms with E-state index in [1.165, 1.54) is 11.8 Å². The van der Waals surface area contributed by atoms with Gasteiger partial charge in [-0.05, 0) is 41.0 Å². The lowest BCUT2D eigenvalue weighted by Crippen LogP contribution is -2.24. The molecule has 0 radical (unpaired) electrons. The van der Waals surface area contributed by atoms with E-state index in [1.54, 1.807) is 12.4 Å². The number of amides is 1. The average molecular weight is 388 g/mol. The van der Waals surface area contributed by atoms with Crippen LogP contribution >= 0.6 is 11.8 Å². The van der Waals surface area contributed by atoms with Crippen molar-refractivity contribution in [1.82, 2.24) is 19.9 Å². The highest BCUT2D eigenvalue weighted by Crippen LogP contribution is 2.22. The van der Waals surface area contributed by atoms with Crippen LogP contribution in [0.2, 0.25) is 0 Å². The van der Waals surface area contributed by atoms with Gasteiger partial charge in [0.2, 0.25) is 5.91 Å². The van der Waals surface area contributed by atoms with Gasteiger partial charge in [0.25, 0.3) is 0 Å². The van der Waals surface area contributed by atoms with Gasteiger partial charge < -0.3 is 9.88 Å². The van der Waals surface area contributed by atoms with Crippen LogP contribution in [0, 0.1) is 0 Å². The smallest absolute Gasteiger partial charge is 0.230 e. The Balaban J connectivity index is 1.31. The number of imidazole rings is 1. The third-order valence-corrected chi connectivity index (χ3v) is 5.57. The number of thioether (sulfide) groups is 1. The molecule has 0 saturated heterocycles. The second-order valence-electron chi connectivity index (χ2n) is 6.44. The summed E-state index contributed by atoms with van der Waals surface area (Å²) >= 11 is 1.45. The summed E-state index contributed by atoms with van der Waals surface area (Å²) in [6.45, 7) is 0.512. The van der Waals surface area contributed by atoms with Gasteiger partial charge in [-0.3, -0.25) is 9.78 Å². The number of benzene rings is 2. The van der Waals surface area contributed by atoms with E-state index in [0.717, 1.165) is 32.9 Å². The van der Waals surface area contributed by atoms with Gasteiger partial charge in [-0.2, -0.15) is 0 Å². The van der Waals surface area contributed by atoms with Gasteiger partial charge in [0, 0.05) is 26.0 Å². The number of pyridine rings is 1. The Morgan fingerprint density at radius 3 is 2.46 bits per heavy atom. The quantitative estimate of drug-likeness (QED) is 0.507. The Morgan fingerprint density at radius 1 is 1.00 bits per heavy atom. The van der Waals surface area contributed by atoms with Crippen molar-refractivity contribution in [3.8, 4) is 11.1 Å². The molecule has 4 aromatic rings. The monoisotopic (exact) mass is 388 g/mol. The van der Waals surface area contributed by atoms with E-state index in [-0.39, 0.29) is 5.91 Å². The van der Waals surface area contributed by atoms with Crippen LogP contribution < -0.4 is 5.32 Å². The molecule has 0 atom stereocenters. The Hall–Kier alpha value is -3.12. The molecule has 0 aliphatic heterocycles. The number of fused-ring (bicyclic) bond motifs is 1.